The first-order chi connectivity index (χ1) is 9.49. The molecule has 0 unspecified atom stereocenters. The number of anilines is 1. The zero-order valence-corrected chi connectivity index (χ0v) is 13.3. The van der Waals surface area contributed by atoms with E-state index in [4.69, 9.17) is 5.73 Å². The van der Waals surface area contributed by atoms with Gasteiger partial charge < -0.3 is 11.1 Å². The van der Waals surface area contributed by atoms with Crippen molar-refractivity contribution in [2.45, 2.75) is 43.8 Å². The average Bonchev–Trinajstić information content (AvgIpc) is 2.71. The number of amides is 1. The van der Waals surface area contributed by atoms with E-state index in [1.165, 1.54) is 32.1 Å². The van der Waals surface area contributed by atoms with Crippen molar-refractivity contribution in [3.63, 3.8) is 0 Å². The number of nitrogens with two attached hydrogens (primary N) is 1. The zero-order chi connectivity index (χ0) is 14.8. The summed E-state index contributed by atoms with van der Waals surface area (Å²) in [5, 5.41) is 7.24. The summed E-state index contributed by atoms with van der Waals surface area (Å²) in [7, 11) is 1.75. The monoisotopic (exact) mass is 296 g/mol. The van der Waals surface area contributed by atoms with Crippen molar-refractivity contribution in [3.8, 4) is 0 Å². The predicted octanol–water partition coefficient (Wildman–Crippen LogP) is 2.11. The van der Waals surface area contributed by atoms with Gasteiger partial charge in [-0.25, -0.2) is 0 Å². The van der Waals surface area contributed by atoms with Gasteiger partial charge in [0.1, 0.15) is 5.69 Å². The number of aromatic nitrogens is 2. The van der Waals surface area contributed by atoms with E-state index in [2.05, 4.69) is 16.7 Å². The minimum Gasteiger partial charge on any atom is -0.395 e. The van der Waals surface area contributed by atoms with E-state index in [0.29, 0.717) is 23.6 Å². The molecule has 0 radical (unpaired) electrons. The minimum absolute atomic E-state index is 0.121. The Morgan fingerprint density at radius 3 is 2.60 bits per heavy atom. The fourth-order valence-electron chi connectivity index (χ4n) is 2.92. The van der Waals surface area contributed by atoms with Gasteiger partial charge in [-0.1, -0.05) is 19.3 Å². The van der Waals surface area contributed by atoms with Gasteiger partial charge in [-0.3, -0.25) is 9.48 Å². The van der Waals surface area contributed by atoms with Crippen LogP contribution in [0.15, 0.2) is 0 Å². The van der Waals surface area contributed by atoms with E-state index in [1.54, 1.807) is 11.7 Å². The van der Waals surface area contributed by atoms with Crippen LogP contribution in [0.3, 0.4) is 0 Å². The number of hydrogen-bond acceptors (Lipinski definition) is 4. The first-order valence-corrected chi connectivity index (χ1v) is 8.34. The summed E-state index contributed by atoms with van der Waals surface area (Å²) in [4.78, 5) is 12.3. The number of thioether (sulfide) groups is 1. The second-order valence-corrected chi connectivity index (χ2v) is 6.88. The third-order valence-corrected chi connectivity index (χ3v) is 5.67. The summed E-state index contributed by atoms with van der Waals surface area (Å²) in [6, 6.07) is 0. The molecular formula is C14H24N4OS. The quantitative estimate of drug-likeness (QED) is 0.892. The molecule has 1 heterocycles. The second-order valence-electron chi connectivity index (χ2n) is 5.60. The topological polar surface area (TPSA) is 72.9 Å². The number of rotatable bonds is 4. The summed E-state index contributed by atoms with van der Waals surface area (Å²) in [5.41, 5.74) is 7.58. The molecule has 6 heteroatoms. The maximum Gasteiger partial charge on any atom is 0.271 e. The number of nitrogen functional groups attached to an aromatic ring is 1. The lowest BCUT2D eigenvalue weighted by molar-refractivity contribution is 0.0938. The molecular weight excluding hydrogens is 272 g/mol. The Morgan fingerprint density at radius 1 is 1.45 bits per heavy atom. The summed E-state index contributed by atoms with van der Waals surface area (Å²) in [6.07, 6.45) is 8.31. The van der Waals surface area contributed by atoms with Crippen LogP contribution in [-0.4, -0.2) is 33.2 Å². The molecule has 20 heavy (non-hydrogen) atoms. The highest BCUT2D eigenvalue weighted by molar-refractivity contribution is 8.00. The number of carbonyl (C=O) groups excluding carboxylic acids is 1. The Kier molecular flexibility index (Phi) is 4.62. The van der Waals surface area contributed by atoms with Crippen LogP contribution in [0.4, 0.5) is 5.69 Å². The maximum atomic E-state index is 12.3. The summed E-state index contributed by atoms with van der Waals surface area (Å²) in [6.45, 7) is 2.52. The number of aryl methyl sites for hydroxylation is 2. The average molecular weight is 296 g/mol. The van der Waals surface area contributed by atoms with Crippen LogP contribution < -0.4 is 11.1 Å². The lowest BCUT2D eigenvalue weighted by atomic mass is 9.88. The molecule has 3 N–H and O–H groups in total. The molecule has 112 valence electrons. The molecule has 0 atom stereocenters. The molecule has 0 aromatic carbocycles. The van der Waals surface area contributed by atoms with Crippen molar-refractivity contribution in [2.75, 3.05) is 18.5 Å². The van der Waals surface area contributed by atoms with Crippen LogP contribution in [0.2, 0.25) is 0 Å². The normalized spacial score (nSPS) is 17.9. The SMILES string of the molecule is CSC1(CNC(=O)c2c(N)c(C)nn2C)CCCCC1. The highest BCUT2D eigenvalue weighted by atomic mass is 32.2. The number of hydrogen-bond donors (Lipinski definition) is 2. The molecule has 0 bridgehead atoms. The van der Waals surface area contributed by atoms with Crippen LogP contribution in [-0.2, 0) is 7.05 Å². The molecule has 1 aliphatic carbocycles. The van der Waals surface area contributed by atoms with Gasteiger partial charge in [-0.2, -0.15) is 16.9 Å². The van der Waals surface area contributed by atoms with Crippen LogP contribution in [0, 0.1) is 6.92 Å². The lowest BCUT2D eigenvalue weighted by Crippen LogP contribution is -2.42. The molecule has 2 rings (SSSR count). The van der Waals surface area contributed by atoms with Gasteiger partial charge in [-0.15, -0.1) is 0 Å². The Labute approximate surface area is 124 Å². The van der Waals surface area contributed by atoms with Gasteiger partial charge in [0.25, 0.3) is 5.91 Å². The predicted molar refractivity (Wildman–Crippen MR) is 84.0 cm³/mol. The van der Waals surface area contributed by atoms with E-state index < -0.39 is 0 Å². The second kappa shape index (κ2) is 6.08. The highest BCUT2D eigenvalue weighted by Crippen LogP contribution is 2.38. The van der Waals surface area contributed by atoms with Crippen molar-refractivity contribution >= 4 is 23.4 Å². The molecule has 1 aromatic rings. The van der Waals surface area contributed by atoms with Gasteiger partial charge >= 0.3 is 0 Å². The van der Waals surface area contributed by atoms with Gasteiger partial charge in [0.15, 0.2) is 0 Å². The van der Waals surface area contributed by atoms with Crippen LogP contribution in [0.1, 0.15) is 48.3 Å². The molecule has 1 saturated carbocycles. The smallest absolute Gasteiger partial charge is 0.271 e. The fourth-order valence-corrected chi connectivity index (χ4v) is 3.83. The van der Waals surface area contributed by atoms with Gasteiger partial charge in [0.2, 0.25) is 0 Å². The molecule has 0 spiro atoms. The Balaban J connectivity index is 2.04. The Hall–Kier alpha value is -1.17. The van der Waals surface area contributed by atoms with Gasteiger partial charge in [-0.05, 0) is 26.0 Å². The zero-order valence-electron chi connectivity index (χ0n) is 12.5. The van der Waals surface area contributed by atoms with E-state index >= 15 is 0 Å². The fraction of sp³-hybridized carbons (Fsp3) is 0.714. The standard InChI is InChI=1S/C14H24N4OS/c1-10-11(15)12(18(2)17-10)13(19)16-9-14(20-3)7-5-4-6-8-14/h4-9,15H2,1-3H3,(H,16,19). The Bertz CT molecular complexity index is 492. The van der Waals surface area contributed by atoms with Crippen molar-refractivity contribution in [1.29, 1.82) is 0 Å². The highest BCUT2D eigenvalue weighted by Gasteiger charge is 2.32. The van der Waals surface area contributed by atoms with Crippen molar-refractivity contribution in [2.24, 2.45) is 7.05 Å². The van der Waals surface area contributed by atoms with E-state index in [1.807, 2.05) is 18.7 Å². The molecule has 1 amide bonds. The summed E-state index contributed by atoms with van der Waals surface area (Å²) >= 11 is 1.88. The molecule has 1 aromatic heterocycles. The van der Waals surface area contributed by atoms with E-state index in [-0.39, 0.29) is 10.7 Å². The van der Waals surface area contributed by atoms with Crippen LogP contribution in [0.25, 0.3) is 0 Å². The van der Waals surface area contributed by atoms with Crippen LogP contribution in [0.5, 0.6) is 0 Å². The Morgan fingerprint density at radius 2 is 2.10 bits per heavy atom. The van der Waals surface area contributed by atoms with E-state index in [0.717, 1.165) is 0 Å². The number of carbonyl (C=O) groups is 1. The molecule has 1 aliphatic rings. The summed E-state index contributed by atoms with van der Waals surface area (Å²) < 4.78 is 1.75. The maximum absolute atomic E-state index is 12.3. The third-order valence-electron chi connectivity index (χ3n) is 4.25. The van der Waals surface area contributed by atoms with Crippen molar-refractivity contribution in [3.05, 3.63) is 11.4 Å². The molecule has 0 saturated heterocycles. The summed E-state index contributed by atoms with van der Waals surface area (Å²) in [5.74, 6) is -0.121. The van der Waals surface area contributed by atoms with Gasteiger partial charge in [0, 0.05) is 18.3 Å². The third kappa shape index (κ3) is 2.95. The lowest BCUT2D eigenvalue weighted by Gasteiger charge is -2.35. The first kappa shape index (κ1) is 15.2. The minimum atomic E-state index is -0.121. The van der Waals surface area contributed by atoms with Crippen molar-refractivity contribution in [1.82, 2.24) is 15.1 Å². The molecule has 1 fully saturated rings. The number of nitrogens with zero attached hydrogens (tertiary/aromatic N) is 2. The largest absolute Gasteiger partial charge is 0.395 e. The van der Waals surface area contributed by atoms with Crippen molar-refractivity contribution < 1.29 is 4.79 Å². The first-order valence-electron chi connectivity index (χ1n) is 7.11. The van der Waals surface area contributed by atoms with E-state index in [9.17, 15) is 4.79 Å². The van der Waals surface area contributed by atoms with Crippen LogP contribution >= 0.6 is 11.8 Å². The number of nitrogens with one attached hydrogen (secondary N) is 1. The van der Waals surface area contributed by atoms with Gasteiger partial charge in [0.05, 0.1) is 11.4 Å². The molecule has 0 aliphatic heterocycles. The molecule has 5 nitrogen and oxygen atoms in total.